The van der Waals surface area contributed by atoms with Crippen molar-refractivity contribution in [3.8, 4) is 5.75 Å². The first-order valence-corrected chi connectivity index (χ1v) is 13.4. The zero-order valence-corrected chi connectivity index (χ0v) is 22.5. The van der Waals surface area contributed by atoms with E-state index < -0.39 is 0 Å². The van der Waals surface area contributed by atoms with Gasteiger partial charge in [0.2, 0.25) is 0 Å². The van der Waals surface area contributed by atoms with Crippen LogP contribution in [0.15, 0.2) is 91.0 Å². The topological polar surface area (TPSA) is 48.1 Å². The summed E-state index contributed by atoms with van der Waals surface area (Å²) in [5, 5.41) is 5.32. The Bertz CT molecular complexity index is 1380. The average molecular weight is 527 g/mol. The summed E-state index contributed by atoms with van der Waals surface area (Å²) in [5.74, 6) is 0.304. The standard InChI is InChI=1S/C32H35FN4O2/c1-35(2)28-12-7-25(8-13-28)31(37-19-17-36(18-20-37)29-14-10-27(33)11-15-29)22-34-32(38)23-39-30-16-9-24-5-3-4-6-26(24)21-30/h3-16,21,31H,17-20,22-23H2,1-2H3,(H,34,38). The van der Waals surface area contributed by atoms with Gasteiger partial charge in [-0.25, -0.2) is 4.39 Å². The summed E-state index contributed by atoms with van der Waals surface area (Å²) >= 11 is 0. The van der Waals surface area contributed by atoms with Gasteiger partial charge in [-0.3, -0.25) is 9.69 Å². The quantitative estimate of drug-likeness (QED) is 0.329. The van der Waals surface area contributed by atoms with E-state index in [9.17, 15) is 9.18 Å². The number of rotatable bonds is 9. The van der Waals surface area contributed by atoms with Gasteiger partial charge in [0.05, 0.1) is 6.04 Å². The Morgan fingerprint density at radius 1 is 0.897 bits per heavy atom. The first kappa shape index (κ1) is 26.5. The smallest absolute Gasteiger partial charge is 0.258 e. The van der Waals surface area contributed by atoms with Crippen LogP contribution in [0.3, 0.4) is 0 Å². The first-order chi connectivity index (χ1) is 19.0. The molecule has 1 saturated heterocycles. The molecular weight excluding hydrogens is 491 g/mol. The van der Waals surface area contributed by atoms with Crippen LogP contribution in [0.2, 0.25) is 0 Å². The van der Waals surface area contributed by atoms with E-state index in [0.717, 1.165) is 53.9 Å². The highest BCUT2D eigenvalue weighted by Crippen LogP contribution is 2.26. The number of ether oxygens (including phenoxy) is 1. The maximum atomic E-state index is 13.4. The zero-order valence-electron chi connectivity index (χ0n) is 22.5. The van der Waals surface area contributed by atoms with E-state index in [0.29, 0.717) is 12.3 Å². The van der Waals surface area contributed by atoms with Gasteiger partial charge in [0.25, 0.3) is 5.91 Å². The van der Waals surface area contributed by atoms with Gasteiger partial charge in [-0.05, 0) is 64.9 Å². The van der Waals surface area contributed by atoms with Gasteiger partial charge in [0.15, 0.2) is 6.61 Å². The van der Waals surface area contributed by atoms with Crippen molar-refractivity contribution in [2.24, 2.45) is 0 Å². The number of amides is 1. The number of benzene rings is 4. The predicted molar refractivity (Wildman–Crippen MR) is 156 cm³/mol. The van der Waals surface area contributed by atoms with Crippen LogP contribution in [0, 0.1) is 5.82 Å². The molecule has 1 amide bonds. The van der Waals surface area contributed by atoms with E-state index in [1.54, 1.807) is 0 Å². The van der Waals surface area contributed by atoms with E-state index in [2.05, 4.69) is 50.3 Å². The lowest BCUT2D eigenvalue weighted by molar-refractivity contribution is -0.123. The third-order valence-corrected chi connectivity index (χ3v) is 7.32. The van der Waals surface area contributed by atoms with Crippen molar-refractivity contribution in [2.75, 3.05) is 63.2 Å². The molecule has 1 atom stereocenters. The molecule has 1 fully saturated rings. The van der Waals surface area contributed by atoms with E-state index >= 15 is 0 Å². The Kier molecular flexibility index (Phi) is 8.27. The summed E-state index contributed by atoms with van der Waals surface area (Å²) in [6, 6.07) is 29.1. The number of halogens is 1. The van der Waals surface area contributed by atoms with Gasteiger partial charge in [-0.1, -0.05) is 42.5 Å². The van der Waals surface area contributed by atoms with Gasteiger partial charge >= 0.3 is 0 Å². The van der Waals surface area contributed by atoms with Gasteiger partial charge in [0.1, 0.15) is 11.6 Å². The molecule has 1 aliphatic rings. The minimum Gasteiger partial charge on any atom is -0.484 e. The maximum Gasteiger partial charge on any atom is 0.258 e. The van der Waals surface area contributed by atoms with E-state index in [4.69, 9.17) is 4.74 Å². The van der Waals surface area contributed by atoms with Crippen molar-refractivity contribution in [1.29, 1.82) is 0 Å². The van der Waals surface area contributed by atoms with E-state index in [-0.39, 0.29) is 24.4 Å². The molecule has 4 aromatic rings. The molecule has 0 spiro atoms. The van der Waals surface area contributed by atoms with Crippen LogP contribution in [0.5, 0.6) is 5.75 Å². The van der Waals surface area contributed by atoms with Gasteiger partial charge in [0, 0.05) is 58.2 Å². The fourth-order valence-corrected chi connectivity index (χ4v) is 5.06. The zero-order chi connectivity index (χ0) is 27.2. The Hall–Kier alpha value is -4.10. The summed E-state index contributed by atoms with van der Waals surface area (Å²) in [4.78, 5) is 19.6. The molecule has 6 nitrogen and oxygen atoms in total. The molecule has 39 heavy (non-hydrogen) atoms. The number of hydrogen-bond donors (Lipinski definition) is 1. The molecule has 7 heteroatoms. The highest BCUT2D eigenvalue weighted by Gasteiger charge is 2.26. The maximum absolute atomic E-state index is 13.4. The third-order valence-electron chi connectivity index (χ3n) is 7.32. The molecule has 1 unspecified atom stereocenters. The second-order valence-corrected chi connectivity index (χ2v) is 10.1. The Morgan fingerprint density at radius 3 is 2.28 bits per heavy atom. The van der Waals surface area contributed by atoms with Crippen LogP contribution < -0.4 is 19.9 Å². The minimum absolute atomic E-state index is 0.0289. The average Bonchev–Trinajstić information content (AvgIpc) is 2.97. The fourth-order valence-electron chi connectivity index (χ4n) is 5.06. The third kappa shape index (κ3) is 6.67. The molecule has 0 bridgehead atoms. The molecule has 0 radical (unpaired) electrons. The van der Waals surface area contributed by atoms with Crippen LogP contribution in [-0.4, -0.2) is 64.2 Å². The minimum atomic E-state index is -0.223. The van der Waals surface area contributed by atoms with Crippen molar-refractivity contribution in [3.05, 3.63) is 102 Å². The Balaban J connectivity index is 1.22. The summed E-state index contributed by atoms with van der Waals surface area (Å²) in [5.41, 5.74) is 3.32. The molecule has 1 aliphatic heterocycles. The van der Waals surface area contributed by atoms with E-state index in [1.807, 2.05) is 62.6 Å². The molecule has 5 rings (SSSR count). The van der Waals surface area contributed by atoms with Gasteiger partial charge in [-0.2, -0.15) is 0 Å². The van der Waals surface area contributed by atoms with E-state index in [1.165, 1.54) is 12.1 Å². The lowest BCUT2D eigenvalue weighted by atomic mass is 10.0. The van der Waals surface area contributed by atoms with Gasteiger partial charge in [-0.15, -0.1) is 0 Å². The number of hydrogen-bond acceptors (Lipinski definition) is 5. The molecule has 0 aromatic heterocycles. The number of carbonyl (C=O) groups excluding carboxylic acids is 1. The highest BCUT2D eigenvalue weighted by molar-refractivity contribution is 5.84. The lowest BCUT2D eigenvalue weighted by Gasteiger charge is -2.40. The summed E-state index contributed by atoms with van der Waals surface area (Å²) < 4.78 is 19.2. The highest BCUT2D eigenvalue weighted by atomic mass is 19.1. The fraction of sp³-hybridized carbons (Fsp3) is 0.281. The molecule has 1 heterocycles. The lowest BCUT2D eigenvalue weighted by Crippen LogP contribution is -2.50. The number of nitrogens with one attached hydrogen (secondary N) is 1. The molecule has 202 valence electrons. The van der Waals surface area contributed by atoms with Crippen molar-refractivity contribution >= 4 is 28.1 Å². The van der Waals surface area contributed by atoms with Crippen molar-refractivity contribution < 1.29 is 13.9 Å². The SMILES string of the molecule is CN(C)c1ccc(C(CNC(=O)COc2ccc3ccccc3c2)N2CCN(c3ccc(F)cc3)CC2)cc1. The van der Waals surface area contributed by atoms with Crippen molar-refractivity contribution in [3.63, 3.8) is 0 Å². The van der Waals surface area contributed by atoms with Crippen molar-refractivity contribution in [2.45, 2.75) is 6.04 Å². The second kappa shape index (κ2) is 12.2. The van der Waals surface area contributed by atoms with Crippen LogP contribution >= 0.6 is 0 Å². The second-order valence-electron chi connectivity index (χ2n) is 10.1. The van der Waals surface area contributed by atoms with Crippen molar-refractivity contribution in [1.82, 2.24) is 10.2 Å². The number of piperazine rings is 1. The molecule has 4 aromatic carbocycles. The number of fused-ring (bicyclic) bond motifs is 1. The number of carbonyl (C=O) groups is 1. The molecular formula is C32H35FN4O2. The molecule has 0 saturated carbocycles. The summed E-state index contributed by atoms with van der Waals surface area (Å²) in [7, 11) is 4.05. The number of anilines is 2. The largest absolute Gasteiger partial charge is 0.484 e. The summed E-state index contributed by atoms with van der Waals surface area (Å²) in [6.07, 6.45) is 0. The monoisotopic (exact) mass is 526 g/mol. The van der Waals surface area contributed by atoms with Gasteiger partial charge < -0.3 is 19.9 Å². The summed E-state index contributed by atoms with van der Waals surface area (Å²) in [6.45, 7) is 3.77. The van der Waals surface area contributed by atoms with Crippen LogP contribution in [-0.2, 0) is 4.79 Å². The molecule has 1 N–H and O–H groups in total. The van der Waals surface area contributed by atoms with Crippen LogP contribution in [0.4, 0.5) is 15.8 Å². The first-order valence-electron chi connectivity index (χ1n) is 13.4. The normalized spacial score (nSPS) is 14.7. The van der Waals surface area contributed by atoms with Crippen LogP contribution in [0.25, 0.3) is 10.8 Å². The van der Waals surface area contributed by atoms with Crippen LogP contribution in [0.1, 0.15) is 11.6 Å². The Morgan fingerprint density at radius 2 is 1.59 bits per heavy atom. The Labute approximate surface area is 229 Å². The molecule has 0 aliphatic carbocycles. The predicted octanol–water partition coefficient (Wildman–Crippen LogP) is 5.10. The number of nitrogens with zero attached hydrogens (tertiary/aromatic N) is 3.